The monoisotopic (exact) mass is 242 g/mol. The molecule has 0 saturated heterocycles. The molecule has 0 unspecified atom stereocenters. The Morgan fingerprint density at radius 2 is 2.18 bits per heavy atom. The summed E-state index contributed by atoms with van der Waals surface area (Å²) in [5.41, 5.74) is 5.43. The Labute approximate surface area is 102 Å². The van der Waals surface area contributed by atoms with Crippen molar-refractivity contribution in [3.05, 3.63) is 0 Å². The summed E-state index contributed by atoms with van der Waals surface area (Å²) in [5.74, 6) is 0.0556. The van der Waals surface area contributed by atoms with E-state index in [-0.39, 0.29) is 24.5 Å². The van der Waals surface area contributed by atoms with Gasteiger partial charge in [0, 0.05) is 12.6 Å². The van der Waals surface area contributed by atoms with Crippen molar-refractivity contribution in [2.75, 3.05) is 13.1 Å². The van der Waals surface area contributed by atoms with Crippen molar-refractivity contribution in [1.82, 2.24) is 10.2 Å². The van der Waals surface area contributed by atoms with Gasteiger partial charge in [-0.3, -0.25) is 0 Å². The zero-order valence-electron chi connectivity index (χ0n) is 10.4. The minimum absolute atomic E-state index is 0.0556. The largest absolute Gasteiger partial charge is 0.409 e. The van der Waals surface area contributed by atoms with Gasteiger partial charge in [0.25, 0.3) is 0 Å². The Bertz CT molecular complexity index is 275. The van der Waals surface area contributed by atoms with Crippen LogP contribution in [0.5, 0.6) is 0 Å². The van der Waals surface area contributed by atoms with Crippen LogP contribution in [0.4, 0.5) is 4.79 Å². The molecule has 6 heteroatoms. The number of hydrogen-bond acceptors (Lipinski definition) is 3. The van der Waals surface area contributed by atoms with Gasteiger partial charge in [-0.15, -0.1) is 0 Å². The number of nitrogens with one attached hydrogen (secondary N) is 1. The molecule has 0 bridgehead atoms. The molecule has 0 heterocycles. The van der Waals surface area contributed by atoms with Crippen LogP contribution in [0.3, 0.4) is 0 Å². The minimum atomic E-state index is -0.120. The summed E-state index contributed by atoms with van der Waals surface area (Å²) < 4.78 is 0. The molecule has 4 N–H and O–H groups in total. The summed E-state index contributed by atoms with van der Waals surface area (Å²) in [6.45, 7) is 2.76. The van der Waals surface area contributed by atoms with Crippen LogP contribution in [0.15, 0.2) is 5.16 Å². The summed E-state index contributed by atoms with van der Waals surface area (Å²) in [7, 11) is 0. The number of urea groups is 1. The summed E-state index contributed by atoms with van der Waals surface area (Å²) >= 11 is 0. The molecule has 0 aliphatic heterocycles. The highest BCUT2D eigenvalue weighted by atomic mass is 16.4. The molecule has 0 spiro atoms. The van der Waals surface area contributed by atoms with E-state index in [2.05, 4.69) is 10.5 Å². The summed E-state index contributed by atoms with van der Waals surface area (Å²) in [6.07, 6.45) is 5.30. The molecule has 1 aliphatic carbocycles. The molecule has 0 aromatic rings. The van der Waals surface area contributed by atoms with E-state index in [0.717, 1.165) is 19.3 Å². The number of rotatable bonds is 5. The van der Waals surface area contributed by atoms with Gasteiger partial charge in [0.05, 0.1) is 6.54 Å². The predicted octanol–water partition coefficient (Wildman–Crippen LogP) is 1.10. The lowest BCUT2D eigenvalue weighted by molar-refractivity contribution is 0.200. The first-order valence-corrected chi connectivity index (χ1v) is 6.19. The van der Waals surface area contributed by atoms with Crippen LogP contribution in [0.1, 0.15) is 39.0 Å². The maximum Gasteiger partial charge on any atom is 0.318 e. The second-order valence-corrected chi connectivity index (χ2v) is 4.44. The lowest BCUT2D eigenvalue weighted by Gasteiger charge is -2.24. The summed E-state index contributed by atoms with van der Waals surface area (Å²) in [4.78, 5) is 13.5. The highest BCUT2D eigenvalue weighted by Gasteiger charge is 2.20. The normalized spacial score (nSPS) is 17.1. The van der Waals surface area contributed by atoms with Crippen molar-refractivity contribution in [3.63, 3.8) is 0 Å². The van der Waals surface area contributed by atoms with Crippen LogP contribution in [-0.4, -0.2) is 41.1 Å². The van der Waals surface area contributed by atoms with Gasteiger partial charge in [-0.1, -0.05) is 24.9 Å². The van der Waals surface area contributed by atoms with Gasteiger partial charge in [0.1, 0.15) is 0 Å². The maximum atomic E-state index is 12.0. The SMILES string of the molecule is CCCN(CC(N)=NO)C(=O)NC1CCCC1. The van der Waals surface area contributed by atoms with Gasteiger partial charge in [-0.25, -0.2) is 4.79 Å². The molecule has 0 aromatic carbocycles. The predicted molar refractivity (Wildman–Crippen MR) is 66.1 cm³/mol. The molecule has 2 amide bonds. The van der Waals surface area contributed by atoms with Crippen LogP contribution in [0.2, 0.25) is 0 Å². The van der Waals surface area contributed by atoms with Gasteiger partial charge in [0.2, 0.25) is 0 Å². The highest BCUT2D eigenvalue weighted by molar-refractivity contribution is 5.86. The molecule has 98 valence electrons. The molecule has 0 aromatic heterocycles. The van der Waals surface area contributed by atoms with Crippen molar-refractivity contribution in [2.24, 2.45) is 10.9 Å². The maximum absolute atomic E-state index is 12.0. The first-order chi connectivity index (χ1) is 8.17. The van der Waals surface area contributed by atoms with Crippen molar-refractivity contribution < 1.29 is 10.0 Å². The Morgan fingerprint density at radius 1 is 1.53 bits per heavy atom. The van der Waals surface area contributed by atoms with Crippen LogP contribution < -0.4 is 11.1 Å². The van der Waals surface area contributed by atoms with Gasteiger partial charge in [0.15, 0.2) is 5.84 Å². The highest BCUT2D eigenvalue weighted by Crippen LogP contribution is 2.17. The van der Waals surface area contributed by atoms with Crippen molar-refractivity contribution in [2.45, 2.75) is 45.1 Å². The zero-order chi connectivity index (χ0) is 12.7. The molecule has 1 fully saturated rings. The first-order valence-electron chi connectivity index (χ1n) is 6.19. The summed E-state index contributed by atoms with van der Waals surface area (Å²) in [6, 6.07) is 0.166. The number of oxime groups is 1. The number of nitrogens with zero attached hydrogens (tertiary/aromatic N) is 2. The summed E-state index contributed by atoms with van der Waals surface area (Å²) in [5, 5.41) is 14.4. The van der Waals surface area contributed by atoms with Crippen LogP contribution in [-0.2, 0) is 0 Å². The van der Waals surface area contributed by atoms with Gasteiger partial charge in [-0.05, 0) is 19.3 Å². The Balaban J connectivity index is 2.46. The number of carbonyl (C=O) groups excluding carboxylic acids is 1. The van der Waals surface area contributed by atoms with E-state index in [0.29, 0.717) is 6.54 Å². The van der Waals surface area contributed by atoms with E-state index in [1.807, 2.05) is 6.92 Å². The van der Waals surface area contributed by atoms with Gasteiger partial charge < -0.3 is 21.2 Å². The fraction of sp³-hybridized carbons (Fsp3) is 0.818. The third-order valence-corrected chi connectivity index (χ3v) is 2.94. The van der Waals surface area contributed by atoms with E-state index in [1.165, 1.54) is 12.8 Å². The fourth-order valence-electron chi connectivity index (χ4n) is 2.09. The van der Waals surface area contributed by atoms with Crippen molar-refractivity contribution in [1.29, 1.82) is 0 Å². The quantitative estimate of drug-likeness (QED) is 0.292. The second kappa shape index (κ2) is 6.98. The molecular formula is C11H22N4O2. The average Bonchev–Trinajstić information content (AvgIpc) is 2.81. The molecule has 1 rings (SSSR count). The van der Waals surface area contributed by atoms with E-state index >= 15 is 0 Å². The topological polar surface area (TPSA) is 90.9 Å². The van der Waals surface area contributed by atoms with Crippen molar-refractivity contribution in [3.8, 4) is 0 Å². The number of hydrogen-bond donors (Lipinski definition) is 3. The minimum Gasteiger partial charge on any atom is -0.409 e. The lowest BCUT2D eigenvalue weighted by Crippen LogP contribution is -2.47. The van der Waals surface area contributed by atoms with Gasteiger partial charge >= 0.3 is 6.03 Å². The van der Waals surface area contributed by atoms with Crippen LogP contribution in [0.25, 0.3) is 0 Å². The molecule has 17 heavy (non-hydrogen) atoms. The second-order valence-electron chi connectivity index (χ2n) is 4.44. The number of amides is 2. The molecule has 0 radical (unpaired) electrons. The third kappa shape index (κ3) is 4.50. The van der Waals surface area contributed by atoms with Gasteiger partial charge in [-0.2, -0.15) is 0 Å². The van der Waals surface area contributed by atoms with E-state index in [4.69, 9.17) is 10.9 Å². The Morgan fingerprint density at radius 3 is 2.71 bits per heavy atom. The fourth-order valence-corrected chi connectivity index (χ4v) is 2.09. The third-order valence-electron chi connectivity index (χ3n) is 2.94. The van der Waals surface area contributed by atoms with E-state index < -0.39 is 0 Å². The number of amidine groups is 1. The number of carbonyl (C=O) groups is 1. The van der Waals surface area contributed by atoms with E-state index in [9.17, 15) is 4.79 Å². The van der Waals surface area contributed by atoms with E-state index in [1.54, 1.807) is 4.90 Å². The van der Waals surface area contributed by atoms with Crippen LogP contribution in [0, 0.1) is 0 Å². The molecule has 1 saturated carbocycles. The first kappa shape index (κ1) is 13.6. The molecule has 0 atom stereocenters. The smallest absolute Gasteiger partial charge is 0.318 e. The molecule has 6 nitrogen and oxygen atoms in total. The zero-order valence-corrected chi connectivity index (χ0v) is 10.4. The standard InChI is InChI=1S/C11H22N4O2/c1-2-7-15(8-10(12)14-17)11(16)13-9-5-3-4-6-9/h9,17H,2-8H2,1H3,(H2,12,14)(H,13,16). The lowest BCUT2D eigenvalue weighted by atomic mass is 10.2. The number of nitrogens with two attached hydrogens (primary N) is 1. The molecule has 1 aliphatic rings. The Hall–Kier alpha value is -1.46. The Kier molecular flexibility index (Phi) is 5.59. The van der Waals surface area contributed by atoms with Crippen molar-refractivity contribution >= 4 is 11.9 Å². The van der Waals surface area contributed by atoms with Crippen LogP contribution >= 0.6 is 0 Å². The average molecular weight is 242 g/mol. The molecular weight excluding hydrogens is 220 g/mol.